The molecule has 5 nitrogen and oxygen atoms in total. The number of ketones is 1. The van der Waals surface area contributed by atoms with Gasteiger partial charge in [0.05, 0.1) is 11.3 Å². The Labute approximate surface area is 203 Å². The minimum atomic E-state index is -0.502. The largest absolute Gasteiger partial charge is 0.365 e. The molecule has 0 radical (unpaired) electrons. The summed E-state index contributed by atoms with van der Waals surface area (Å²) in [5, 5.41) is 6.10. The third-order valence-electron chi connectivity index (χ3n) is 6.17. The highest BCUT2D eigenvalue weighted by atomic mass is 16.7. The topological polar surface area (TPSA) is 60.7 Å². The molecule has 172 valence electrons. The van der Waals surface area contributed by atoms with Crippen LogP contribution in [0.15, 0.2) is 102 Å². The fourth-order valence-corrected chi connectivity index (χ4v) is 4.36. The van der Waals surface area contributed by atoms with Crippen LogP contribution in [0.3, 0.4) is 0 Å². The summed E-state index contributed by atoms with van der Waals surface area (Å²) in [4.78, 5) is 30.5. The van der Waals surface area contributed by atoms with Crippen LogP contribution in [0.4, 0.5) is 0 Å². The number of hydrogen-bond donors (Lipinski definition) is 0. The Hall–Kier alpha value is -4.51. The number of aryl methyl sites for hydroxylation is 1. The van der Waals surface area contributed by atoms with Crippen molar-refractivity contribution in [3.63, 3.8) is 0 Å². The van der Waals surface area contributed by atoms with Crippen LogP contribution in [0, 0.1) is 0 Å². The van der Waals surface area contributed by atoms with E-state index in [4.69, 9.17) is 4.84 Å². The van der Waals surface area contributed by atoms with Crippen LogP contribution in [0.25, 0.3) is 21.8 Å². The van der Waals surface area contributed by atoms with Crippen LogP contribution in [-0.2, 0) is 11.4 Å². The number of hydrogen-bond acceptors (Lipinski definition) is 4. The molecule has 4 aromatic carbocycles. The van der Waals surface area contributed by atoms with E-state index in [1.54, 1.807) is 24.3 Å². The average molecular weight is 461 g/mol. The molecular weight excluding hydrogens is 436 g/mol. The van der Waals surface area contributed by atoms with Crippen LogP contribution in [-0.4, -0.2) is 22.0 Å². The van der Waals surface area contributed by atoms with Gasteiger partial charge in [0.25, 0.3) is 0 Å². The molecule has 0 atom stereocenters. The van der Waals surface area contributed by atoms with Gasteiger partial charge in [-0.1, -0.05) is 59.8 Å². The molecule has 35 heavy (non-hydrogen) atoms. The lowest BCUT2D eigenvalue weighted by atomic mass is 10.0. The van der Waals surface area contributed by atoms with Crippen molar-refractivity contribution in [2.45, 2.75) is 20.4 Å². The van der Waals surface area contributed by atoms with E-state index >= 15 is 0 Å². The van der Waals surface area contributed by atoms with E-state index in [1.165, 1.54) is 0 Å². The van der Waals surface area contributed by atoms with E-state index in [1.807, 2.05) is 79.7 Å². The minimum absolute atomic E-state index is 0.00776. The summed E-state index contributed by atoms with van der Waals surface area (Å²) in [6.07, 6.45) is 0. The SMILES string of the molecule is CCn1c2ccc(C(=O)c3ccccc3)cc2c2cc(/C(C)=N/OC(=O)c3ccccc3)ccc21. The van der Waals surface area contributed by atoms with Crippen LogP contribution >= 0.6 is 0 Å². The molecule has 5 aromatic rings. The molecule has 0 fully saturated rings. The molecule has 0 saturated heterocycles. The van der Waals surface area contributed by atoms with Gasteiger partial charge in [-0.2, -0.15) is 0 Å². The molecule has 0 saturated carbocycles. The molecule has 5 rings (SSSR count). The first-order chi connectivity index (χ1) is 17.1. The number of fused-ring (bicyclic) bond motifs is 3. The van der Waals surface area contributed by atoms with Crippen molar-refractivity contribution >= 4 is 39.3 Å². The van der Waals surface area contributed by atoms with Crippen molar-refractivity contribution in [1.29, 1.82) is 0 Å². The zero-order chi connectivity index (χ0) is 24.4. The summed E-state index contributed by atoms with van der Waals surface area (Å²) in [6.45, 7) is 4.71. The van der Waals surface area contributed by atoms with Gasteiger partial charge < -0.3 is 9.40 Å². The molecule has 0 bridgehead atoms. The van der Waals surface area contributed by atoms with Crippen molar-refractivity contribution in [1.82, 2.24) is 4.57 Å². The molecule has 0 N–H and O–H groups in total. The fraction of sp³-hybridized carbons (Fsp3) is 0.100. The predicted octanol–water partition coefficient (Wildman–Crippen LogP) is 6.63. The first-order valence-corrected chi connectivity index (χ1v) is 11.5. The number of benzene rings is 4. The molecule has 1 heterocycles. The highest BCUT2D eigenvalue weighted by Gasteiger charge is 2.15. The summed E-state index contributed by atoms with van der Waals surface area (Å²) in [5.41, 5.74) is 5.32. The van der Waals surface area contributed by atoms with Gasteiger partial charge in [-0.05, 0) is 61.9 Å². The standard InChI is InChI=1S/C30H24N2O3/c1-3-32-27-16-14-23(20(2)31-35-30(34)22-12-8-5-9-13-22)18-25(27)26-19-24(15-17-28(26)32)29(33)21-10-6-4-7-11-21/h4-19H,3H2,1-2H3/b31-20+. The first-order valence-electron chi connectivity index (χ1n) is 11.5. The Balaban J connectivity index is 1.54. The zero-order valence-electron chi connectivity index (χ0n) is 19.6. The van der Waals surface area contributed by atoms with Gasteiger partial charge in [-0.15, -0.1) is 0 Å². The Morgan fingerprint density at radius 3 is 1.86 bits per heavy atom. The van der Waals surface area contributed by atoms with E-state index in [-0.39, 0.29) is 5.78 Å². The number of aromatic nitrogens is 1. The lowest BCUT2D eigenvalue weighted by molar-refractivity contribution is 0.0516. The van der Waals surface area contributed by atoms with E-state index < -0.39 is 5.97 Å². The van der Waals surface area contributed by atoms with Crippen molar-refractivity contribution in [2.24, 2.45) is 5.16 Å². The maximum Gasteiger partial charge on any atom is 0.365 e. The second kappa shape index (κ2) is 9.39. The third-order valence-corrected chi connectivity index (χ3v) is 6.17. The van der Waals surface area contributed by atoms with Crippen molar-refractivity contribution in [2.75, 3.05) is 0 Å². The number of nitrogens with zero attached hydrogens (tertiary/aromatic N) is 2. The van der Waals surface area contributed by atoms with Gasteiger partial charge >= 0.3 is 5.97 Å². The van der Waals surface area contributed by atoms with Crippen molar-refractivity contribution < 1.29 is 14.4 Å². The van der Waals surface area contributed by atoms with E-state index in [9.17, 15) is 9.59 Å². The Morgan fingerprint density at radius 1 is 0.714 bits per heavy atom. The van der Waals surface area contributed by atoms with Gasteiger partial charge in [0.2, 0.25) is 0 Å². The van der Waals surface area contributed by atoms with Crippen LogP contribution in [0.1, 0.15) is 45.7 Å². The van der Waals surface area contributed by atoms with Gasteiger partial charge in [0.15, 0.2) is 5.78 Å². The summed E-state index contributed by atoms with van der Waals surface area (Å²) in [5.74, 6) is -0.510. The molecular formula is C30H24N2O3. The normalized spacial score (nSPS) is 11.7. The first kappa shape index (κ1) is 22.3. The summed E-state index contributed by atoms with van der Waals surface area (Å²) >= 11 is 0. The highest BCUT2D eigenvalue weighted by molar-refractivity contribution is 6.16. The second-order valence-electron chi connectivity index (χ2n) is 8.32. The molecule has 1 aromatic heterocycles. The molecule has 0 aliphatic rings. The third kappa shape index (κ3) is 4.24. The van der Waals surface area contributed by atoms with Gasteiger partial charge in [-0.3, -0.25) is 4.79 Å². The molecule has 0 unspecified atom stereocenters. The zero-order valence-corrected chi connectivity index (χ0v) is 19.6. The van der Waals surface area contributed by atoms with Crippen molar-refractivity contribution in [3.05, 3.63) is 119 Å². The molecule has 0 aliphatic heterocycles. The van der Waals surface area contributed by atoms with Crippen LogP contribution in [0.5, 0.6) is 0 Å². The monoisotopic (exact) mass is 460 g/mol. The summed E-state index contributed by atoms with van der Waals surface area (Å²) in [6, 6.07) is 30.0. The number of carbonyl (C=O) groups excluding carboxylic acids is 2. The van der Waals surface area contributed by atoms with E-state index in [0.717, 1.165) is 33.9 Å². The highest BCUT2D eigenvalue weighted by Crippen LogP contribution is 2.31. The molecule has 5 heteroatoms. The summed E-state index contributed by atoms with van der Waals surface area (Å²) in [7, 11) is 0. The Bertz CT molecular complexity index is 1580. The lowest BCUT2D eigenvalue weighted by Gasteiger charge is -2.05. The van der Waals surface area contributed by atoms with Crippen LogP contribution < -0.4 is 0 Å². The van der Waals surface area contributed by atoms with Gasteiger partial charge in [0.1, 0.15) is 0 Å². The fourth-order valence-electron chi connectivity index (χ4n) is 4.36. The minimum Gasteiger partial charge on any atom is -0.341 e. The number of rotatable bonds is 6. The Kier molecular flexibility index (Phi) is 5.98. The van der Waals surface area contributed by atoms with Gasteiger partial charge in [-0.25, -0.2) is 4.79 Å². The lowest BCUT2D eigenvalue weighted by Crippen LogP contribution is -2.03. The number of oxime groups is 1. The number of carbonyl (C=O) groups is 2. The predicted molar refractivity (Wildman–Crippen MR) is 139 cm³/mol. The molecule has 0 amide bonds. The Morgan fingerprint density at radius 2 is 1.26 bits per heavy atom. The maximum atomic E-state index is 13.1. The van der Waals surface area contributed by atoms with Crippen molar-refractivity contribution in [3.8, 4) is 0 Å². The quantitative estimate of drug-likeness (QED) is 0.124. The second-order valence-corrected chi connectivity index (χ2v) is 8.32. The van der Waals surface area contributed by atoms with Crippen LogP contribution in [0.2, 0.25) is 0 Å². The van der Waals surface area contributed by atoms with E-state index in [2.05, 4.69) is 16.6 Å². The maximum absolute atomic E-state index is 13.1. The average Bonchev–Trinajstić information content (AvgIpc) is 3.24. The molecule has 0 aliphatic carbocycles. The smallest absolute Gasteiger partial charge is 0.341 e. The van der Waals surface area contributed by atoms with E-state index in [0.29, 0.717) is 22.4 Å². The molecule has 0 spiro atoms. The van der Waals surface area contributed by atoms with Gasteiger partial charge in [0, 0.05) is 39.5 Å². The summed E-state index contributed by atoms with van der Waals surface area (Å²) < 4.78 is 2.23.